The molecule has 7 nitrogen and oxygen atoms in total. The zero-order chi connectivity index (χ0) is 25.6. The Balaban J connectivity index is 1.22. The largest absolute Gasteiger partial charge is 0.464 e. The molecule has 1 amide bonds. The maximum atomic E-state index is 13.2. The van der Waals surface area contributed by atoms with E-state index in [0.29, 0.717) is 26.0 Å². The molecule has 1 aliphatic heterocycles. The van der Waals surface area contributed by atoms with Gasteiger partial charge in [-0.15, -0.1) is 0 Å². The van der Waals surface area contributed by atoms with Gasteiger partial charge in [0.1, 0.15) is 11.6 Å². The number of nitrogens with two attached hydrogens (primary N) is 1. The van der Waals surface area contributed by atoms with Crippen molar-refractivity contribution in [3.8, 4) is 11.3 Å². The number of likely N-dealkylation sites (tertiary alicyclic amines) is 1. The summed E-state index contributed by atoms with van der Waals surface area (Å²) in [6.07, 6.45) is 5.61. The number of hydrogen-bond acceptors (Lipinski definition) is 5. The van der Waals surface area contributed by atoms with Gasteiger partial charge in [-0.2, -0.15) is 0 Å². The zero-order valence-electron chi connectivity index (χ0n) is 21.5. The molecule has 2 aromatic heterocycles. The van der Waals surface area contributed by atoms with E-state index in [2.05, 4.69) is 34.9 Å². The van der Waals surface area contributed by atoms with Crippen molar-refractivity contribution in [2.45, 2.75) is 50.6 Å². The fraction of sp³-hybridized carbons (Fsp3) is 0.400. The number of amides is 1. The molecule has 5 rings (SSSR count). The molecule has 0 bridgehead atoms. The first-order chi connectivity index (χ1) is 18.1. The van der Waals surface area contributed by atoms with Crippen LogP contribution >= 0.6 is 0 Å². The summed E-state index contributed by atoms with van der Waals surface area (Å²) in [5, 5.41) is 0. The summed E-state index contributed by atoms with van der Waals surface area (Å²) in [7, 11) is 1.73. The van der Waals surface area contributed by atoms with E-state index in [9.17, 15) is 4.79 Å². The van der Waals surface area contributed by atoms with Crippen LogP contribution in [0.1, 0.15) is 43.0 Å². The van der Waals surface area contributed by atoms with Gasteiger partial charge >= 0.3 is 0 Å². The maximum absolute atomic E-state index is 13.2. The van der Waals surface area contributed by atoms with Crippen LogP contribution in [0.25, 0.3) is 22.4 Å². The van der Waals surface area contributed by atoms with E-state index < -0.39 is 0 Å². The van der Waals surface area contributed by atoms with Crippen molar-refractivity contribution < 1.29 is 13.9 Å². The van der Waals surface area contributed by atoms with Crippen LogP contribution in [0.5, 0.6) is 0 Å². The molecule has 1 aliphatic rings. The summed E-state index contributed by atoms with van der Waals surface area (Å²) >= 11 is 0. The monoisotopic (exact) mass is 500 g/mol. The summed E-state index contributed by atoms with van der Waals surface area (Å²) in [6.45, 7) is 3.04. The highest BCUT2D eigenvalue weighted by Gasteiger charge is 2.29. The molecule has 2 atom stereocenters. The van der Waals surface area contributed by atoms with Gasteiger partial charge in [0.05, 0.1) is 17.3 Å². The van der Waals surface area contributed by atoms with Gasteiger partial charge in [-0.25, -0.2) is 4.98 Å². The highest BCUT2D eigenvalue weighted by molar-refractivity contribution is 5.78. The number of carbonyl (C=O) groups excluding carboxylic acids is 1. The van der Waals surface area contributed by atoms with E-state index in [-0.39, 0.29) is 17.9 Å². The third-order valence-corrected chi connectivity index (χ3v) is 7.25. The summed E-state index contributed by atoms with van der Waals surface area (Å²) in [5.74, 6) is 2.28. The number of ether oxygens (including phenoxy) is 1. The van der Waals surface area contributed by atoms with Crippen LogP contribution in [0.3, 0.4) is 0 Å². The number of nitrogens with zero attached hydrogens (tertiary/aromatic N) is 3. The van der Waals surface area contributed by atoms with E-state index >= 15 is 0 Å². The van der Waals surface area contributed by atoms with Crippen LogP contribution in [-0.4, -0.2) is 53.2 Å². The number of hydrogen-bond donors (Lipinski definition) is 1. The highest BCUT2D eigenvalue weighted by atomic mass is 16.5. The van der Waals surface area contributed by atoms with Gasteiger partial charge in [0.2, 0.25) is 5.91 Å². The summed E-state index contributed by atoms with van der Waals surface area (Å²) in [5.41, 5.74) is 10.8. The van der Waals surface area contributed by atoms with Crippen LogP contribution in [0, 0.1) is 0 Å². The third-order valence-electron chi connectivity index (χ3n) is 7.25. The minimum Gasteiger partial charge on any atom is -0.464 e. The van der Waals surface area contributed by atoms with Crippen molar-refractivity contribution in [3.63, 3.8) is 0 Å². The number of benzene rings is 2. The Morgan fingerprint density at radius 2 is 2.00 bits per heavy atom. The zero-order valence-corrected chi connectivity index (χ0v) is 21.5. The summed E-state index contributed by atoms with van der Waals surface area (Å²) in [6, 6.07) is 20.1. The first-order valence-corrected chi connectivity index (χ1v) is 13.2. The topological polar surface area (TPSA) is 86.5 Å². The van der Waals surface area contributed by atoms with Gasteiger partial charge in [-0.05, 0) is 55.5 Å². The molecule has 3 heterocycles. The van der Waals surface area contributed by atoms with E-state index in [1.54, 1.807) is 13.4 Å². The number of piperidine rings is 1. The van der Waals surface area contributed by atoms with Crippen molar-refractivity contribution in [3.05, 3.63) is 78.3 Å². The molecular weight excluding hydrogens is 464 g/mol. The number of fused-ring (bicyclic) bond motifs is 1. The Morgan fingerprint density at radius 3 is 2.78 bits per heavy atom. The molecule has 1 saturated heterocycles. The Morgan fingerprint density at radius 1 is 1.16 bits per heavy atom. The first-order valence-electron chi connectivity index (χ1n) is 13.2. The number of aromatic nitrogens is 2. The lowest BCUT2D eigenvalue weighted by atomic mass is 9.95. The SMILES string of the molecule is COCCCn1c(C2CCCN(C(=O)CC(N)Cc3ccc(-c4ccco4)cc3)C2)nc2ccccc21. The molecule has 0 saturated carbocycles. The number of methoxy groups -OCH3 is 1. The van der Waals surface area contributed by atoms with Gasteiger partial charge in [0.25, 0.3) is 0 Å². The fourth-order valence-corrected chi connectivity index (χ4v) is 5.40. The Hall–Kier alpha value is -3.42. The Labute approximate surface area is 218 Å². The second-order valence-corrected chi connectivity index (χ2v) is 9.98. The molecule has 4 aromatic rings. The molecule has 194 valence electrons. The molecular formula is C30H36N4O3. The van der Waals surface area contributed by atoms with Gasteiger partial charge in [0.15, 0.2) is 0 Å². The van der Waals surface area contributed by atoms with Gasteiger partial charge in [-0.3, -0.25) is 4.79 Å². The first kappa shape index (κ1) is 25.2. The molecule has 0 aliphatic carbocycles. The van der Waals surface area contributed by atoms with Crippen LogP contribution in [0.2, 0.25) is 0 Å². The molecule has 2 unspecified atom stereocenters. The van der Waals surface area contributed by atoms with E-state index in [0.717, 1.165) is 66.1 Å². The van der Waals surface area contributed by atoms with Crippen molar-refractivity contribution in [1.82, 2.24) is 14.5 Å². The van der Waals surface area contributed by atoms with Crippen molar-refractivity contribution in [1.29, 1.82) is 0 Å². The van der Waals surface area contributed by atoms with Gasteiger partial charge < -0.3 is 24.4 Å². The standard InChI is InChI=1S/C30H36N4O3/c1-36-17-6-16-34-27-9-3-2-8-26(27)32-30(34)24-7-4-15-33(21-24)29(35)20-25(31)19-22-11-13-23(14-12-22)28-10-5-18-37-28/h2-3,5,8-14,18,24-25H,4,6-7,15-17,19-21,31H2,1H3. The average Bonchev–Trinajstić information content (AvgIpc) is 3.58. The molecule has 2 aromatic carbocycles. The van der Waals surface area contributed by atoms with Crippen LogP contribution in [0.15, 0.2) is 71.3 Å². The quantitative estimate of drug-likeness (QED) is 0.310. The summed E-state index contributed by atoms with van der Waals surface area (Å²) < 4.78 is 13.1. The van der Waals surface area contributed by atoms with Crippen LogP contribution in [0.4, 0.5) is 0 Å². The smallest absolute Gasteiger partial charge is 0.224 e. The number of para-hydroxylation sites is 2. The normalized spacial score (nSPS) is 16.8. The molecule has 1 fully saturated rings. The molecule has 0 spiro atoms. The molecule has 7 heteroatoms. The Bertz CT molecular complexity index is 1300. The van der Waals surface area contributed by atoms with Crippen LogP contribution < -0.4 is 5.73 Å². The minimum atomic E-state index is -0.221. The lowest BCUT2D eigenvalue weighted by Gasteiger charge is -2.33. The van der Waals surface area contributed by atoms with Gasteiger partial charge in [-0.1, -0.05) is 36.4 Å². The molecule has 2 N–H and O–H groups in total. The lowest BCUT2D eigenvalue weighted by Crippen LogP contribution is -2.42. The number of rotatable bonds is 10. The molecule has 37 heavy (non-hydrogen) atoms. The van der Waals surface area contributed by atoms with Crippen molar-refractivity contribution in [2.75, 3.05) is 26.8 Å². The van der Waals surface area contributed by atoms with Crippen molar-refractivity contribution >= 4 is 16.9 Å². The summed E-state index contributed by atoms with van der Waals surface area (Å²) in [4.78, 5) is 20.2. The highest BCUT2D eigenvalue weighted by Crippen LogP contribution is 2.30. The van der Waals surface area contributed by atoms with E-state index in [4.69, 9.17) is 19.9 Å². The fourth-order valence-electron chi connectivity index (χ4n) is 5.40. The number of aryl methyl sites for hydroxylation is 1. The number of imidazole rings is 1. The molecule has 0 radical (unpaired) electrons. The predicted molar refractivity (Wildman–Crippen MR) is 145 cm³/mol. The van der Waals surface area contributed by atoms with E-state index in [1.807, 2.05) is 35.2 Å². The van der Waals surface area contributed by atoms with Crippen LogP contribution in [-0.2, 0) is 22.5 Å². The second kappa shape index (κ2) is 11.8. The average molecular weight is 501 g/mol. The maximum Gasteiger partial charge on any atom is 0.224 e. The predicted octanol–water partition coefficient (Wildman–Crippen LogP) is 5.00. The number of carbonyl (C=O) groups is 1. The lowest BCUT2D eigenvalue weighted by molar-refractivity contribution is -0.132. The third kappa shape index (κ3) is 5.95. The Kier molecular flexibility index (Phi) is 8.02. The second-order valence-electron chi connectivity index (χ2n) is 9.98. The van der Waals surface area contributed by atoms with Crippen molar-refractivity contribution in [2.24, 2.45) is 5.73 Å². The van der Waals surface area contributed by atoms with Gasteiger partial charge in [0, 0.05) is 57.3 Å². The minimum absolute atomic E-state index is 0.131. The number of furan rings is 1. The van der Waals surface area contributed by atoms with E-state index in [1.165, 1.54) is 0 Å².